The van der Waals surface area contributed by atoms with Crippen LogP contribution in [0.1, 0.15) is 38.5 Å². The minimum absolute atomic E-state index is 0.0201. The first-order valence-electron chi connectivity index (χ1n) is 5.28. The van der Waals surface area contributed by atoms with Crippen LogP contribution in [0, 0.1) is 0 Å². The zero-order valence-corrected chi connectivity index (χ0v) is 7.71. The normalized spacial score (nSPS) is 29.8. The lowest BCUT2D eigenvalue weighted by atomic mass is 10.0. The molecular formula is C10H19NO. The molecule has 0 aromatic rings. The minimum atomic E-state index is -0.0201. The fraction of sp³-hybridized carbons (Fsp3) is 1.00. The van der Waals surface area contributed by atoms with E-state index in [1.54, 1.807) is 0 Å². The zero-order chi connectivity index (χ0) is 8.39. The molecule has 0 bridgehead atoms. The van der Waals surface area contributed by atoms with Crippen molar-refractivity contribution in [3.63, 3.8) is 0 Å². The van der Waals surface area contributed by atoms with Crippen molar-refractivity contribution in [2.75, 3.05) is 13.1 Å². The van der Waals surface area contributed by atoms with Gasteiger partial charge >= 0.3 is 0 Å². The molecule has 0 radical (unpaired) electrons. The van der Waals surface area contributed by atoms with Gasteiger partial charge in [0.2, 0.25) is 0 Å². The van der Waals surface area contributed by atoms with E-state index in [4.69, 9.17) is 0 Å². The number of likely N-dealkylation sites (tertiary alicyclic amines) is 1. The average Bonchev–Trinajstić information content (AvgIpc) is 2.26. The molecule has 70 valence electrons. The smallest absolute Gasteiger partial charge is 0.0794 e. The Morgan fingerprint density at radius 2 is 1.50 bits per heavy atom. The molecule has 2 heteroatoms. The van der Waals surface area contributed by atoms with E-state index in [0.29, 0.717) is 0 Å². The van der Waals surface area contributed by atoms with E-state index in [0.717, 1.165) is 19.1 Å². The van der Waals surface area contributed by atoms with E-state index >= 15 is 0 Å². The Bertz CT molecular complexity index is 135. The van der Waals surface area contributed by atoms with E-state index < -0.39 is 0 Å². The van der Waals surface area contributed by atoms with Crippen molar-refractivity contribution in [2.24, 2.45) is 0 Å². The molecule has 2 fully saturated rings. The molecule has 1 saturated carbocycles. The second kappa shape index (κ2) is 3.75. The van der Waals surface area contributed by atoms with Crippen molar-refractivity contribution < 1.29 is 5.11 Å². The van der Waals surface area contributed by atoms with Gasteiger partial charge < -0.3 is 5.11 Å². The van der Waals surface area contributed by atoms with Gasteiger partial charge in [-0.15, -0.1) is 0 Å². The lowest BCUT2D eigenvalue weighted by Gasteiger charge is -2.41. The molecule has 0 atom stereocenters. The maximum absolute atomic E-state index is 9.18. The molecule has 2 rings (SSSR count). The summed E-state index contributed by atoms with van der Waals surface area (Å²) in [6, 6.07) is 0.802. The van der Waals surface area contributed by atoms with Gasteiger partial charge in [0.25, 0.3) is 0 Å². The topological polar surface area (TPSA) is 23.5 Å². The third kappa shape index (κ3) is 1.80. The van der Waals surface area contributed by atoms with Crippen molar-refractivity contribution in [3.8, 4) is 0 Å². The van der Waals surface area contributed by atoms with Gasteiger partial charge in [-0.05, 0) is 12.8 Å². The van der Waals surface area contributed by atoms with Crippen LogP contribution in [0.5, 0.6) is 0 Å². The molecular weight excluding hydrogens is 150 g/mol. The van der Waals surface area contributed by atoms with Crippen molar-refractivity contribution in [1.82, 2.24) is 4.90 Å². The Morgan fingerprint density at radius 1 is 0.917 bits per heavy atom. The maximum atomic E-state index is 9.18. The highest BCUT2D eigenvalue weighted by atomic mass is 16.3. The molecule has 0 amide bonds. The second-order valence-corrected chi connectivity index (χ2v) is 4.25. The first-order valence-corrected chi connectivity index (χ1v) is 5.28. The van der Waals surface area contributed by atoms with Gasteiger partial charge in [-0.3, -0.25) is 4.90 Å². The predicted octanol–water partition coefficient (Wildman–Crippen LogP) is 1.39. The Labute approximate surface area is 74.6 Å². The van der Waals surface area contributed by atoms with Gasteiger partial charge in [0.1, 0.15) is 0 Å². The highest BCUT2D eigenvalue weighted by Gasteiger charge is 2.30. The fourth-order valence-corrected chi connectivity index (χ4v) is 2.41. The van der Waals surface area contributed by atoms with Crippen LogP contribution in [0.4, 0.5) is 0 Å². The molecule has 2 nitrogen and oxygen atoms in total. The summed E-state index contributed by atoms with van der Waals surface area (Å²) < 4.78 is 0. The van der Waals surface area contributed by atoms with Crippen LogP contribution >= 0.6 is 0 Å². The average molecular weight is 169 g/mol. The van der Waals surface area contributed by atoms with Crippen molar-refractivity contribution in [3.05, 3.63) is 0 Å². The number of rotatable bonds is 1. The Balaban J connectivity index is 1.78. The highest BCUT2D eigenvalue weighted by Crippen LogP contribution is 2.25. The molecule has 0 aromatic carbocycles. The molecule has 0 aromatic heterocycles. The van der Waals surface area contributed by atoms with E-state index in [-0.39, 0.29) is 6.10 Å². The van der Waals surface area contributed by atoms with Gasteiger partial charge in [0.05, 0.1) is 6.10 Å². The molecule has 1 saturated heterocycles. The van der Waals surface area contributed by atoms with Crippen LogP contribution in [0.3, 0.4) is 0 Å². The molecule has 1 aliphatic heterocycles. The van der Waals surface area contributed by atoms with Crippen LogP contribution in [0.25, 0.3) is 0 Å². The van der Waals surface area contributed by atoms with Gasteiger partial charge in [-0.25, -0.2) is 0 Å². The third-order valence-corrected chi connectivity index (χ3v) is 3.23. The summed E-state index contributed by atoms with van der Waals surface area (Å²) in [5.74, 6) is 0. The molecule has 0 spiro atoms. The van der Waals surface area contributed by atoms with Crippen LogP contribution in [0.15, 0.2) is 0 Å². The lowest BCUT2D eigenvalue weighted by Crippen LogP contribution is -2.55. The maximum Gasteiger partial charge on any atom is 0.0794 e. The van der Waals surface area contributed by atoms with Gasteiger partial charge in [0.15, 0.2) is 0 Å². The predicted molar refractivity (Wildman–Crippen MR) is 49.1 cm³/mol. The number of hydrogen-bond acceptors (Lipinski definition) is 2. The summed E-state index contributed by atoms with van der Waals surface area (Å²) in [6.07, 6.45) is 8.36. The van der Waals surface area contributed by atoms with Crippen molar-refractivity contribution in [1.29, 1.82) is 0 Å². The largest absolute Gasteiger partial charge is 0.390 e. The first-order chi connectivity index (χ1) is 5.86. The van der Waals surface area contributed by atoms with Crippen LogP contribution < -0.4 is 0 Å². The van der Waals surface area contributed by atoms with Crippen LogP contribution in [-0.2, 0) is 0 Å². The number of nitrogens with zero attached hydrogens (tertiary/aromatic N) is 1. The summed E-state index contributed by atoms with van der Waals surface area (Å²) >= 11 is 0. The molecule has 12 heavy (non-hydrogen) atoms. The Hall–Kier alpha value is -0.0800. The Morgan fingerprint density at radius 3 is 2.00 bits per heavy atom. The van der Waals surface area contributed by atoms with Crippen LogP contribution in [-0.4, -0.2) is 35.2 Å². The summed E-state index contributed by atoms with van der Waals surface area (Å²) in [5, 5.41) is 9.18. The highest BCUT2D eigenvalue weighted by molar-refractivity contribution is 4.85. The standard InChI is InChI=1S/C10H19NO/c12-10-7-11(8-10)9-5-3-1-2-4-6-9/h9-10,12H,1-8H2. The lowest BCUT2D eigenvalue weighted by molar-refractivity contribution is -0.0281. The van der Waals surface area contributed by atoms with Gasteiger partial charge in [0, 0.05) is 19.1 Å². The van der Waals surface area contributed by atoms with E-state index in [2.05, 4.69) is 4.90 Å². The van der Waals surface area contributed by atoms with E-state index in [9.17, 15) is 5.11 Å². The number of aliphatic hydroxyl groups excluding tert-OH is 1. The first kappa shape index (κ1) is 8.52. The van der Waals surface area contributed by atoms with Crippen molar-refractivity contribution in [2.45, 2.75) is 50.7 Å². The zero-order valence-electron chi connectivity index (χ0n) is 7.71. The molecule has 1 aliphatic carbocycles. The van der Waals surface area contributed by atoms with Gasteiger partial charge in [-0.2, -0.15) is 0 Å². The summed E-state index contributed by atoms with van der Waals surface area (Å²) in [6.45, 7) is 1.87. The van der Waals surface area contributed by atoms with E-state index in [1.807, 2.05) is 0 Å². The molecule has 1 heterocycles. The van der Waals surface area contributed by atoms with Gasteiger partial charge in [-0.1, -0.05) is 25.7 Å². The van der Waals surface area contributed by atoms with Crippen molar-refractivity contribution >= 4 is 0 Å². The Kier molecular flexibility index (Phi) is 2.66. The summed E-state index contributed by atoms with van der Waals surface area (Å²) in [7, 11) is 0. The SMILES string of the molecule is OC1CN(C2CCCCCC2)C1. The quantitative estimate of drug-likeness (QED) is 0.599. The van der Waals surface area contributed by atoms with E-state index in [1.165, 1.54) is 38.5 Å². The molecule has 2 aliphatic rings. The molecule has 0 unspecified atom stereocenters. The monoisotopic (exact) mass is 169 g/mol. The van der Waals surface area contributed by atoms with Crippen LogP contribution in [0.2, 0.25) is 0 Å². The summed E-state index contributed by atoms with van der Waals surface area (Å²) in [4.78, 5) is 2.45. The number of hydrogen-bond donors (Lipinski definition) is 1. The number of β-amino-alcohol motifs (C(OH)–C–C–N with tert-alkyl or cyclic N) is 1. The second-order valence-electron chi connectivity index (χ2n) is 4.25. The molecule has 1 N–H and O–H groups in total. The fourth-order valence-electron chi connectivity index (χ4n) is 2.41. The number of aliphatic hydroxyl groups is 1. The minimum Gasteiger partial charge on any atom is -0.390 e. The summed E-state index contributed by atoms with van der Waals surface area (Å²) in [5.41, 5.74) is 0. The third-order valence-electron chi connectivity index (χ3n) is 3.23.